The predicted octanol–water partition coefficient (Wildman–Crippen LogP) is 3.49. The molecule has 2 amide bonds. The van der Waals surface area contributed by atoms with E-state index in [2.05, 4.69) is 4.74 Å². The molecule has 8 heteroatoms. The van der Waals surface area contributed by atoms with Gasteiger partial charge in [0.2, 0.25) is 11.8 Å². The zero-order valence-corrected chi connectivity index (χ0v) is 17.6. The number of nitrogens with zero attached hydrogens (tertiary/aromatic N) is 2. The fraction of sp³-hybridized carbons (Fsp3) is 0.391. The van der Waals surface area contributed by atoms with Crippen molar-refractivity contribution in [3.05, 3.63) is 59.7 Å². The number of rotatable bonds is 8. The number of benzene rings is 2. The number of hydrogen-bond acceptors (Lipinski definition) is 4. The van der Waals surface area contributed by atoms with Crippen LogP contribution in [-0.4, -0.2) is 55.0 Å². The lowest BCUT2D eigenvalue weighted by atomic mass is 10.1. The van der Waals surface area contributed by atoms with Gasteiger partial charge in [-0.15, -0.1) is 0 Å². The van der Waals surface area contributed by atoms with Gasteiger partial charge in [0.05, 0.1) is 13.5 Å². The van der Waals surface area contributed by atoms with Gasteiger partial charge in [0.15, 0.2) is 11.5 Å². The molecular weight excluding hydrogens is 406 g/mol. The monoisotopic (exact) mass is 432 g/mol. The standard InChI is InChI=1S/C23H26F2N2O4/c1-26(15-17-10-11-19(31-23(24)25)20(13-17)30-2)22(29)18-9-6-12-27(18)21(28)14-16-7-4-3-5-8-16/h3-5,7-8,10-11,13,18,23H,6,9,12,14-15H2,1-2H3. The average molecular weight is 432 g/mol. The first kappa shape index (κ1) is 22.5. The van der Waals surface area contributed by atoms with Crippen LogP contribution in [0.25, 0.3) is 0 Å². The summed E-state index contributed by atoms with van der Waals surface area (Å²) in [5, 5.41) is 0. The Hall–Kier alpha value is -3.16. The number of ether oxygens (including phenoxy) is 2. The molecule has 3 rings (SSSR count). The van der Waals surface area contributed by atoms with Gasteiger partial charge in [0.25, 0.3) is 0 Å². The van der Waals surface area contributed by atoms with Crippen LogP contribution in [0, 0.1) is 0 Å². The third-order valence-corrected chi connectivity index (χ3v) is 5.30. The Morgan fingerprint density at radius 1 is 1.13 bits per heavy atom. The van der Waals surface area contributed by atoms with Crippen LogP contribution in [0.15, 0.2) is 48.5 Å². The van der Waals surface area contributed by atoms with Crippen LogP contribution in [0.1, 0.15) is 24.0 Å². The van der Waals surface area contributed by atoms with Crippen molar-refractivity contribution >= 4 is 11.8 Å². The number of alkyl halides is 2. The van der Waals surface area contributed by atoms with E-state index in [1.165, 1.54) is 13.2 Å². The van der Waals surface area contributed by atoms with Crippen molar-refractivity contribution in [1.29, 1.82) is 0 Å². The Balaban J connectivity index is 1.65. The first-order chi connectivity index (χ1) is 14.9. The molecule has 1 aliphatic heterocycles. The van der Waals surface area contributed by atoms with Gasteiger partial charge in [-0.25, -0.2) is 0 Å². The molecule has 2 aromatic carbocycles. The SMILES string of the molecule is COc1cc(CN(C)C(=O)C2CCCN2C(=O)Cc2ccccc2)ccc1OC(F)F. The molecule has 31 heavy (non-hydrogen) atoms. The van der Waals surface area contributed by atoms with Crippen molar-refractivity contribution in [3.8, 4) is 11.5 Å². The molecule has 0 bridgehead atoms. The highest BCUT2D eigenvalue weighted by atomic mass is 19.3. The van der Waals surface area contributed by atoms with Crippen molar-refractivity contribution in [1.82, 2.24) is 9.80 Å². The van der Waals surface area contributed by atoms with Crippen LogP contribution in [0.4, 0.5) is 8.78 Å². The number of likely N-dealkylation sites (tertiary alicyclic amines) is 1. The second kappa shape index (κ2) is 10.2. The summed E-state index contributed by atoms with van der Waals surface area (Å²) >= 11 is 0. The number of hydrogen-bond donors (Lipinski definition) is 0. The summed E-state index contributed by atoms with van der Waals surface area (Å²) in [7, 11) is 3.03. The smallest absolute Gasteiger partial charge is 0.387 e. The quantitative estimate of drug-likeness (QED) is 0.641. The Labute approximate surface area is 180 Å². The Morgan fingerprint density at radius 2 is 1.87 bits per heavy atom. The van der Waals surface area contributed by atoms with Crippen LogP contribution in [-0.2, 0) is 22.6 Å². The van der Waals surface area contributed by atoms with Crippen molar-refractivity contribution < 1.29 is 27.8 Å². The van der Waals surface area contributed by atoms with E-state index in [0.717, 1.165) is 12.0 Å². The lowest BCUT2D eigenvalue weighted by Crippen LogP contribution is -2.46. The molecule has 0 aromatic heterocycles. The fourth-order valence-electron chi connectivity index (χ4n) is 3.80. The van der Waals surface area contributed by atoms with Gasteiger partial charge in [-0.3, -0.25) is 9.59 Å². The fourth-order valence-corrected chi connectivity index (χ4v) is 3.80. The van der Waals surface area contributed by atoms with E-state index in [9.17, 15) is 18.4 Å². The van der Waals surface area contributed by atoms with Gasteiger partial charge in [0, 0.05) is 20.1 Å². The number of carbonyl (C=O) groups is 2. The van der Waals surface area contributed by atoms with Crippen molar-refractivity contribution in [2.75, 3.05) is 20.7 Å². The average Bonchev–Trinajstić information content (AvgIpc) is 3.24. The number of amides is 2. The molecule has 1 fully saturated rings. The topological polar surface area (TPSA) is 59.1 Å². The molecule has 0 spiro atoms. The summed E-state index contributed by atoms with van der Waals surface area (Å²) in [6.07, 6.45) is 1.66. The highest BCUT2D eigenvalue weighted by Crippen LogP contribution is 2.30. The van der Waals surface area contributed by atoms with E-state index in [4.69, 9.17) is 4.74 Å². The van der Waals surface area contributed by atoms with E-state index in [-0.39, 0.29) is 36.3 Å². The summed E-state index contributed by atoms with van der Waals surface area (Å²) in [5.41, 5.74) is 1.62. The summed E-state index contributed by atoms with van der Waals surface area (Å²) in [6.45, 7) is -2.14. The van der Waals surface area contributed by atoms with Gasteiger partial charge in [-0.1, -0.05) is 36.4 Å². The van der Waals surface area contributed by atoms with E-state index in [1.54, 1.807) is 29.0 Å². The zero-order chi connectivity index (χ0) is 22.4. The van der Waals surface area contributed by atoms with E-state index < -0.39 is 12.7 Å². The van der Waals surface area contributed by atoms with Crippen LogP contribution in [0.5, 0.6) is 11.5 Å². The number of carbonyl (C=O) groups excluding carboxylic acids is 2. The normalized spacial score (nSPS) is 15.8. The van der Waals surface area contributed by atoms with Gasteiger partial charge in [-0.2, -0.15) is 8.78 Å². The molecule has 0 saturated carbocycles. The molecule has 1 heterocycles. The molecule has 166 valence electrons. The molecule has 0 radical (unpaired) electrons. The van der Waals surface area contributed by atoms with Crippen molar-refractivity contribution in [2.45, 2.75) is 38.5 Å². The maximum atomic E-state index is 13.1. The molecule has 1 atom stereocenters. The number of halogens is 2. The number of methoxy groups -OCH3 is 1. The Bertz CT molecular complexity index is 908. The summed E-state index contributed by atoms with van der Waals surface area (Å²) in [4.78, 5) is 29.0. The van der Waals surface area contributed by atoms with Gasteiger partial charge in [0.1, 0.15) is 6.04 Å². The second-order valence-corrected chi connectivity index (χ2v) is 7.47. The molecule has 1 saturated heterocycles. The first-order valence-corrected chi connectivity index (χ1v) is 10.1. The van der Waals surface area contributed by atoms with E-state index >= 15 is 0 Å². The molecule has 1 unspecified atom stereocenters. The first-order valence-electron chi connectivity index (χ1n) is 10.1. The second-order valence-electron chi connectivity index (χ2n) is 7.47. The summed E-state index contributed by atoms with van der Waals surface area (Å²) in [5.74, 6) is -0.112. The Kier molecular flexibility index (Phi) is 7.44. The minimum Gasteiger partial charge on any atom is -0.493 e. The van der Waals surface area contributed by atoms with Crippen LogP contribution < -0.4 is 9.47 Å². The molecule has 6 nitrogen and oxygen atoms in total. The van der Waals surface area contributed by atoms with Crippen molar-refractivity contribution in [3.63, 3.8) is 0 Å². The minimum absolute atomic E-state index is 0.0642. The van der Waals surface area contributed by atoms with E-state index in [1.807, 2.05) is 30.3 Å². The highest BCUT2D eigenvalue weighted by molar-refractivity contribution is 5.89. The minimum atomic E-state index is -2.95. The van der Waals surface area contributed by atoms with Gasteiger partial charge < -0.3 is 19.3 Å². The molecule has 1 aliphatic rings. The zero-order valence-electron chi connectivity index (χ0n) is 17.6. The predicted molar refractivity (Wildman–Crippen MR) is 111 cm³/mol. The maximum absolute atomic E-state index is 13.1. The Morgan fingerprint density at radius 3 is 2.55 bits per heavy atom. The van der Waals surface area contributed by atoms with Gasteiger partial charge in [-0.05, 0) is 36.1 Å². The van der Waals surface area contributed by atoms with E-state index in [0.29, 0.717) is 18.5 Å². The molecule has 0 aliphatic carbocycles. The van der Waals surface area contributed by atoms with Crippen LogP contribution in [0.3, 0.4) is 0 Å². The van der Waals surface area contributed by atoms with Gasteiger partial charge >= 0.3 is 6.61 Å². The summed E-state index contributed by atoms with van der Waals surface area (Å²) < 4.78 is 34.6. The largest absolute Gasteiger partial charge is 0.493 e. The maximum Gasteiger partial charge on any atom is 0.387 e. The molecule has 0 N–H and O–H groups in total. The third kappa shape index (κ3) is 5.71. The summed E-state index contributed by atoms with van der Waals surface area (Å²) in [6, 6.07) is 13.5. The van der Waals surface area contributed by atoms with Crippen molar-refractivity contribution in [2.24, 2.45) is 0 Å². The third-order valence-electron chi connectivity index (χ3n) is 5.30. The van der Waals surface area contributed by atoms with Crippen LogP contribution in [0.2, 0.25) is 0 Å². The highest BCUT2D eigenvalue weighted by Gasteiger charge is 2.35. The lowest BCUT2D eigenvalue weighted by molar-refractivity contribution is -0.143. The molecular formula is C23H26F2N2O4. The molecule has 2 aromatic rings. The van der Waals surface area contributed by atoms with Crippen LogP contribution >= 0.6 is 0 Å². The number of likely N-dealkylation sites (N-methyl/N-ethyl adjacent to an activating group) is 1. The lowest BCUT2D eigenvalue weighted by Gasteiger charge is -2.28.